The molecular formula is C10H15N3O4. The summed E-state index contributed by atoms with van der Waals surface area (Å²) in [6.45, 7) is 2.79. The molecule has 0 saturated heterocycles. The molecule has 0 bridgehead atoms. The molecule has 17 heavy (non-hydrogen) atoms. The number of carbonyl (C=O) groups excluding carboxylic acids is 1. The fourth-order valence-corrected chi connectivity index (χ4v) is 1.15. The maximum Gasteiger partial charge on any atom is 0.328 e. The van der Waals surface area contributed by atoms with Crippen LogP contribution in [0.5, 0.6) is 5.88 Å². The van der Waals surface area contributed by atoms with Gasteiger partial charge < -0.3 is 15.2 Å². The molecule has 0 fully saturated rings. The van der Waals surface area contributed by atoms with E-state index in [9.17, 15) is 9.59 Å². The van der Waals surface area contributed by atoms with E-state index in [4.69, 9.17) is 9.84 Å². The Hall–Kier alpha value is -2.05. The van der Waals surface area contributed by atoms with E-state index in [1.165, 1.54) is 31.7 Å². The molecule has 1 heterocycles. The summed E-state index contributed by atoms with van der Waals surface area (Å²) in [5, 5.41) is 15.2. The summed E-state index contributed by atoms with van der Waals surface area (Å²) in [7, 11) is 3.08. The van der Waals surface area contributed by atoms with Gasteiger partial charge in [-0.1, -0.05) is 0 Å². The molecule has 0 aliphatic rings. The minimum absolute atomic E-state index is 0.110. The van der Waals surface area contributed by atoms with Crippen molar-refractivity contribution in [3.8, 4) is 5.88 Å². The summed E-state index contributed by atoms with van der Waals surface area (Å²) >= 11 is 0. The Labute approximate surface area is 98.4 Å². The molecule has 0 aliphatic heterocycles. The number of ether oxygens (including phenoxy) is 1. The molecule has 0 aliphatic carbocycles. The summed E-state index contributed by atoms with van der Waals surface area (Å²) in [5.41, 5.74) is -1.24. The van der Waals surface area contributed by atoms with E-state index in [2.05, 4.69) is 10.4 Å². The first-order valence-electron chi connectivity index (χ1n) is 4.92. The number of hydrogen-bond donors (Lipinski definition) is 2. The minimum atomic E-state index is -1.35. The van der Waals surface area contributed by atoms with Crippen LogP contribution in [0.3, 0.4) is 0 Å². The highest BCUT2D eigenvalue weighted by Crippen LogP contribution is 2.12. The van der Waals surface area contributed by atoms with Gasteiger partial charge in [0.2, 0.25) is 5.88 Å². The van der Waals surface area contributed by atoms with Crippen molar-refractivity contribution in [3.05, 3.63) is 11.8 Å². The molecule has 0 unspecified atom stereocenters. The third kappa shape index (κ3) is 2.74. The lowest BCUT2D eigenvalue weighted by Crippen LogP contribution is -2.49. The Kier molecular flexibility index (Phi) is 3.40. The van der Waals surface area contributed by atoms with Crippen molar-refractivity contribution in [2.24, 2.45) is 7.05 Å². The molecule has 7 nitrogen and oxygen atoms in total. The molecule has 0 radical (unpaired) electrons. The van der Waals surface area contributed by atoms with Gasteiger partial charge in [0, 0.05) is 13.1 Å². The van der Waals surface area contributed by atoms with Gasteiger partial charge in [-0.15, -0.1) is 0 Å². The number of aliphatic carboxylic acids is 1. The van der Waals surface area contributed by atoms with E-state index in [1.807, 2.05) is 0 Å². The number of aromatic nitrogens is 2. The number of carbonyl (C=O) groups is 2. The zero-order chi connectivity index (χ0) is 13.2. The minimum Gasteiger partial charge on any atom is -0.481 e. The average Bonchev–Trinajstić information content (AvgIpc) is 2.58. The predicted molar refractivity (Wildman–Crippen MR) is 58.9 cm³/mol. The first-order chi connectivity index (χ1) is 7.77. The first kappa shape index (κ1) is 13.0. The number of amides is 1. The number of carboxylic acids is 1. The fourth-order valence-electron chi connectivity index (χ4n) is 1.15. The van der Waals surface area contributed by atoms with Gasteiger partial charge in [0.05, 0.1) is 7.11 Å². The van der Waals surface area contributed by atoms with Crippen molar-refractivity contribution >= 4 is 11.9 Å². The summed E-state index contributed by atoms with van der Waals surface area (Å²) in [4.78, 5) is 22.6. The molecule has 0 atom stereocenters. The van der Waals surface area contributed by atoms with E-state index in [-0.39, 0.29) is 5.69 Å². The van der Waals surface area contributed by atoms with Crippen molar-refractivity contribution in [1.82, 2.24) is 15.1 Å². The molecular weight excluding hydrogens is 226 g/mol. The Bertz CT molecular complexity index is 450. The molecule has 7 heteroatoms. The van der Waals surface area contributed by atoms with Crippen molar-refractivity contribution in [2.45, 2.75) is 19.4 Å². The highest BCUT2D eigenvalue weighted by atomic mass is 16.5. The predicted octanol–water partition coefficient (Wildman–Crippen LogP) is 0.0217. The van der Waals surface area contributed by atoms with Gasteiger partial charge in [0.25, 0.3) is 5.91 Å². The van der Waals surface area contributed by atoms with E-state index >= 15 is 0 Å². The van der Waals surface area contributed by atoms with Crippen LogP contribution in [0.15, 0.2) is 6.07 Å². The van der Waals surface area contributed by atoms with E-state index < -0.39 is 17.4 Å². The van der Waals surface area contributed by atoms with Crippen LogP contribution in [-0.4, -0.2) is 39.4 Å². The molecule has 1 amide bonds. The highest BCUT2D eigenvalue weighted by molar-refractivity contribution is 5.96. The highest BCUT2D eigenvalue weighted by Gasteiger charge is 2.30. The lowest BCUT2D eigenvalue weighted by molar-refractivity contribution is -0.143. The number of hydrogen-bond acceptors (Lipinski definition) is 4. The second kappa shape index (κ2) is 4.44. The van der Waals surface area contributed by atoms with Crippen molar-refractivity contribution in [1.29, 1.82) is 0 Å². The number of methoxy groups -OCH3 is 1. The second-order valence-electron chi connectivity index (χ2n) is 4.08. The van der Waals surface area contributed by atoms with Crippen LogP contribution >= 0.6 is 0 Å². The summed E-state index contributed by atoms with van der Waals surface area (Å²) in [6.07, 6.45) is 0. The van der Waals surface area contributed by atoms with Gasteiger partial charge in [-0.2, -0.15) is 5.10 Å². The van der Waals surface area contributed by atoms with Crippen molar-refractivity contribution < 1.29 is 19.4 Å². The molecule has 1 aromatic rings. The Morgan fingerprint density at radius 1 is 1.53 bits per heavy atom. The van der Waals surface area contributed by atoms with E-state index in [0.29, 0.717) is 5.88 Å². The van der Waals surface area contributed by atoms with Crippen LogP contribution in [-0.2, 0) is 11.8 Å². The van der Waals surface area contributed by atoms with Crippen molar-refractivity contribution in [2.75, 3.05) is 7.11 Å². The molecule has 94 valence electrons. The van der Waals surface area contributed by atoms with Crippen LogP contribution in [0.1, 0.15) is 24.3 Å². The third-order valence-electron chi connectivity index (χ3n) is 2.24. The SMILES string of the molecule is COc1cc(C(=O)NC(C)(C)C(=O)O)nn1C. The smallest absolute Gasteiger partial charge is 0.328 e. The van der Waals surface area contributed by atoms with Gasteiger partial charge in [-0.05, 0) is 13.8 Å². The van der Waals surface area contributed by atoms with Gasteiger partial charge >= 0.3 is 5.97 Å². The molecule has 0 saturated carbocycles. The Morgan fingerprint density at radius 3 is 2.53 bits per heavy atom. The zero-order valence-corrected chi connectivity index (χ0v) is 10.1. The number of carboxylic acid groups (broad SMARTS) is 1. The molecule has 0 spiro atoms. The summed E-state index contributed by atoms with van der Waals surface area (Å²) in [5.74, 6) is -1.26. The maximum atomic E-state index is 11.7. The average molecular weight is 241 g/mol. The standard InChI is InChI=1S/C10H15N3O4/c1-10(2,9(15)16)11-8(14)6-5-7(17-4)13(3)12-6/h5H,1-4H3,(H,11,14)(H,15,16). The zero-order valence-electron chi connectivity index (χ0n) is 10.1. The van der Waals surface area contributed by atoms with Gasteiger partial charge in [0.15, 0.2) is 5.69 Å². The molecule has 1 rings (SSSR count). The summed E-state index contributed by atoms with van der Waals surface area (Å²) < 4.78 is 6.35. The summed E-state index contributed by atoms with van der Waals surface area (Å²) in [6, 6.07) is 1.44. The second-order valence-corrected chi connectivity index (χ2v) is 4.08. The quantitative estimate of drug-likeness (QED) is 0.775. The van der Waals surface area contributed by atoms with Gasteiger partial charge in [-0.25, -0.2) is 9.48 Å². The normalized spacial score (nSPS) is 11.1. The molecule has 2 N–H and O–H groups in total. The molecule has 0 aromatic carbocycles. The maximum absolute atomic E-state index is 11.7. The van der Waals surface area contributed by atoms with E-state index in [1.54, 1.807) is 7.05 Å². The van der Waals surface area contributed by atoms with Crippen LogP contribution in [0.4, 0.5) is 0 Å². The third-order valence-corrected chi connectivity index (χ3v) is 2.24. The lowest BCUT2D eigenvalue weighted by atomic mass is 10.1. The van der Waals surface area contributed by atoms with Crippen LogP contribution in [0.25, 0.3) is 0 Å². The van der Waals surface area contributed by atoms with E-state index in [0.717, 1.165) is 0 Å². The monoisotopic (exact) mass is 241 g/mol. The Balaban J connectivity index is 2.87. The van der Waals surface area contributed by atoms with Gasteiger partial charge in [0.1, 0.15) is 5.54 Å². The number of nitrogens with zero attached hydrogens (tertiary/aromatic N) is 2. The Morgan fingerprint density at radius 2 is 2.12 bits per heavy atom. The van der Waals surface area contributed by atoms with Crippen LogP contribution in [0, 0.1) is 0 Å². The van der Waals surface area contributed by atoms with Gasteiger partial charge in [-0.3, -0.25) is 4.79 Å². The first-order valence-corrected chi connectivity index (χ1v) is 4.92. The largest absolute Gasteiger partial charge is 0.481 e. The van der Waals surface area contributed by atoms with Crippen molar-refractivity contribution in [3.63, 3.8) is 0 Å². The fraction of sp³-hybridized carbons (Fsp3) is 0.500. The molecule has 1 aromatic heterocycles. The number of rotatable bonds is 4. The number of aryl methyl sites for hydroxylation is 1. The van der Waals surface area contributed by atoms with Crippen LogP contribution < -0.4 is 10.1 Å². The lowest BCUT2D eigenvalue weighted by Gasteiger charge is -2.19. The van der Waals surface area contributed by atoms with Crippen LogP contribution in [0.2, 0.25) is 0 Å². The number of nitrogens with one attached hydrogen (secondary N) is 1. The topological polar surface area (TPSA) is 93.4 Å².